The summed E-state index contributed by atoms with van der Waals surface area (Å²) in [6, 6.07) is 12.9. The van der Waals surface area contributed by atoms with Gasteiger partial charge < -0.3 is 14.6 Å². The van der Waals surface area contributed by atoms with Gasteiger partial charge in [0.15, 0.2) is 0 Å². The summed E-state index contributed by atoms with van der Waals surface area (Å²) in [7, 11) is 0. The molecule has 1 aromatic heterocycles. The average Bonchev–Trinajstić information content (AvgIpc) is 2.61. The monoisotopic (exact) mass is 368 g/mol. The molecule has 0 bridgehead atoms. The predicted octanol–water partition coefficient (Wildman–Crippen LogP) is 3.55. The fraction of sp³-hybridized carbons (Fsp3) is 0.364. The van der Waals surface area contributed by atoms with Crippen LogP contribution in [0.4, 0.5) is 0 Å². The number of carbonyl (C=O) groups is 1. The third-order valence-electron chi connectivity index (χ3n) is 4.03. The Kier molecular flexibility index (Phi) is 7.86. The summed E-state index contributed by atoms with van der Waals surface area (Å²) in [4.78, 5) is 23.7. The molecule has 0 aliphatic rings. The van der Waals surface area contributed by atoms with Crippen molar-refractivity contribution in [3.8, 4) is 5.75 Å². The molecule has 0 radical (unpaired) electrons. The van der Waals surface area contributed by atoms with E-state index in [0.29, 0.717) is 13.1 Å². The second-order valence-electron chi connectivity index (χ2n) is 6.73. The van der Waals surface area contributed by atoms with Gasteiger partial charge in [0.25, 0.3) is 5.56 Å². The van der Waals surface area contributed by atoms with Gasteiger partial charge in [0.05, 0.1) is 6.10 Å². The van der Waals surface area contributed by atoms with Gasteiger partial charge in [-0.15, -0.1) is 0 Å². The fourth-order valence-electron chi connectivity index (χ4n) is 2.71. The van der Waals surface area contributed by atoms with E-state index in [9.17, 15) is 9.59 Å². The van der Waals surface area contributed by atoms with Crippen LogP contribution in [-0.4, -0.2) is 23.1 Å². The van der Waals surface area contributed by atoms with Gasteiger partial charge in [0.2, 0.25) is 5.91 Å². The molecule has 144 valence electrons. The number of carbonyl (C=O) groups excluding carboxylic acids is 1. The lowest BCUT2D eigenvalue weighted by Crippen LogP contribution is -2.24. The topological polar surface area (TPSA) is 60.3 Å². The number of aryl methyl sites for hydroxylation is 1. The van der Waals surface area contributed by atoms with E-state index < -0.39 is 0 Å². The summed E-state index contributed by atoms with van der Waals surface area (Å²) >= 11 is 0. The van der Waals surface area contributed by atoms with Gasteiger partial charge in [-0.3, -0.25) is 9.59 Å². The number of hydrogen-bond donors (Lipinski definition) is 1. The van der Waals surface area contributed by atoms with Crippen LogP contribution >= 0.6 is 0 Å². The summed E-state index contributed by atoms with van der Waals surface area (Å²) in [5.41, 5.74) is 1.89. The van der Waals surface area contributed by atoms with Gasteiger partial charge in [-0.25, -0.2) is 0 Å². The van der Waals surface area contributed by atoms with Gasteiger partial charge in [0, 0.05) is 30.9 Å². The first-order valence-electron chi connectivity index (χ1n) is 9.35. The van der Waals surface area contributed by atoms with Crippen LogP contribution in [0.2, 0.25) is 0 Å². The maximum Gasteiger partial charge on any atom is 0.250 e. The number of benzene rings is 1. The lowest BCUT2D eigenvalue weighted by atomic mass is 10.2. The molecule has 0 saturated heterocycles. The van der Waals surface area contributed by atoms with E-state index in [0.717, 1.165) is 29.8 Å². The van der Waals surface area contributed by atoms with E-state index in [1.165, 1.54) is 6.08 Å². The Morgan fingerprint density at radius 2 is 1.96 bits per heavy atom. The number of unbranched alkanes of at least 4 members (excludes halogenated alkanes) is 1. The van der Waals surface area contributed by atoms with Gasteiger partial charge in [0.1, 0.15) is 5.75 Å². The molecule has 5 heteroatoms. The Balaban J connectivity index is 1.73. The molecule has 1 heterocycles. The van der Waals surface area contributed by atoms with Gasteiger partial charge in [-0.05, 0) is 63.5 Å². The zero-order valence-corrected chi connectivity index (χ0v) is 16.3. The molecule has 27 heavy (non-hydrogen) atoms. The van der Waals surface area contributed by atoms with Crippen molar-refractivity contribution in [3.05, 3.63) is 70.2 Å². The highest BCUT2D eigenvalue weighted by molar-refractivity contribution is 5.91. The lowest BCUT2D eigenvalue weighted by Gasteiger charge is -2.09. The summed E-state index contributed by atoms with van der Waals surface area (Å²) in [5, 5.41) is 2.87. The minimum Gasteiger partial charge on any atom is -0.491 e. The molecule has 0 spiro atoms. The van der Waals surface area contributed by atoms with Crippen molar-refractivity contribution in [2.45, 2.75) is 46.3 Å². The van der Waals surface area contributed by atoms with Crippen molar-refractivity contribution >= 4 is 12.0 Å². The summed E-state index contributed by atoms with van der Waals surface area (Å²) in [6.07, 6.45) is 5.07. The van der Waals surface area contributed by atoms with Crippen molar-refractivity contribution in [1.82, 2.24) is 9.88 Å². The smallest absolute Gasteiger partial charge is 0.250 e. The molecule has 2 aromatic rings. The van der Waals surface area contributed by atoms with E-state index in [1.807, 2.05) is 51.1 Å². The minimum atomic E-state index is -0.127. The first-order chi connectivity index (χ1) is 13.0. The van der Waals surface area contributed by atoms with Crippen LogP contribution in [0.15, 0.2) is 53.3 Å². The molecule has 5 nitrogen and oxygen atoms in total. The average molecular weight is 368 g/mol. The third-order valence-corrected chi connectivity index (χ3v) is 4.03. The van der Waals surface area contributed by atoms with Crippen LogP contribution in [0.1, 0.15) is 37.9 Å². The van der Waals surface area contributed by atoms with Gasteiger partial charge in [-0.1, -0.05) is 18.2 Å². The number of hydrogen-bond acceptors (Lipinski definition) is 3. The molecule has 0 fully saturated rings. The van der Waals surface area contributed by atoms with E-state index in [-0.39, 0.29) is 17.6 Å². The Morgan fingerprint density at radius 3 is 2.70 bits per heavy atom. The molecule has 1 aromatic carbocycles. The quantitative estimate of drug-likeness (QED) is 0.544. The molecule has 0 atom stereocenters. The summed E-state index contributed by atoms with van der Waals surface area (Å²) in [6.45, 7) is 7.13. The molecular formula is C22H28N2O3. The maximum absolute atomic E-state index is 11.9. The zero-order valence-electron chi connectivity index (χ0n) is 16.3. The van der Waals surface area contributed by atoms with Crippen molar-refractivity contribution in [2.24, 2.45) is 0 Å². The number of nitrogens with one attached hydrogen (secondary N) is 1. The van der Waals surface area contributed by atoms with E-state index in [4.69, 9.17) is 4.74 Å². The van der Waals surface area contributed by atoms with Crippen molar-refractivity contribution in [1.29, 1.82) is 0 Å². The number of rotatable bonds is 9. The van der Waals surface area contributed by atoms with Crippen molar-refractivity contribution in [2.75, 3.05) is 6.54 Å². The normalized spacial score (nSPS) is 11.1. The van der Waals surface area contributed by atoms with Crippen LogP contribution < -0.4 is 15.6 Å². The van der Waals surface area contributed by atoms with E-state index >= 15 is 0 Å². The molecular weight excluding hydrogens is 340 g/mol. The molecule has 0 saturated carbocycles. The molecule has 0 aliphatic heterocycles. The molecule has 2 rings (SSSR count). The largest absolute Gasteiger partial charge is 0.491 e. The fourth-order valence-corrected chi connectivity index (χ4v) is 2.71. The molecule has 1 amide bonds. The van der Waals surface area contributed by atoms with Crippen LogP contribution in [-0.2, 0) is 11.3 Å². The van der Waals surface area contributed by atoms with Crippen molar-refractivity contribution < 1.29 is 9.53 Å². The number of amides is 1. The van der Waals surface area contributed by atoms with E-state index in [1.54, 1.807) is 22.8 Å². The highest BCUT2D eigenvalue weighted by Crippen LogP contribution is 2.15. The summed E-state index contributed by atoms with van der Waals surface area (Å²) < 4.78 is 7.41. The number of aromatic nitrogens is 1. The van der Waals surface area contributed by atoms with Gasteiger partial charge in [-0.2, -0.15) is 0 Å². The second-order valence-corrected chi connectivity index (χ2v) is 6.73. The first kappa shape index (κ1) is 20.5. The molecule has 0 unspecified atom stereocenters. The number of ether oxygens (including phenoxy) is 1. The third kappa shape index (κ3) is 7.13. The standard InChI is InChI=1S/C22H28N2O3/c1-17(2)27-20-10-7-9-19(16-20)12-13-21(25)23-14-4-5-15-24-18(3)8-6-11-22(24)26/h6-13,16-17H,4-5,14-15H2,1-3H3,(H,23,25)/b13-12+. The summed E-state index contributed by atoms with van der Waals surface area (Å²) in [5.74, 6) is 0.664. The minimum absolute atomic E-state index is 0.0191. The Morgan fingerprint density at radius 1 is 1.19 bits per heavy atom. The maximum atomic E-state index is 11.9. The highest BCUT2D eigenvalue weighted by atomic mass is 16.5. The number of pyridine rings is 1. The number of nitrogens with zero attached hydrogens (tertiary/aromatic N) is 1. The SMILES string of the molecule is Cc1cccc(=O)n1CCCCNC(=O)/C=C/c1cccc(OC(C)C)c1. The van der Waals surface area contributed by atoms with Gasteiger partial charge >= 0.3 is 0 Å². The Hall–Kier alpha value is -2.82. The van der Waals surface area contributed by atoms with Crippen molar-refractivity contribution in [3.63, 3.8) is 0 Å². The lowest BCUT2D eigenvalue weighted by molar-refractivity contribution is -0.116. The second kappa shape index (κ2) is 10.4. The molecule has 1 N–H and O–H groups in total. The highest BCUT2D eigenvalue weighted by Gasteiger charge is 2.01. The zero-order chi connectivity index (χ0) is 19.6. The van der Waals surface area contributed by atoms with Crippen LogP contribution in [0, 0.1) is 6.92 Å². The Labute approximate surface area is 160 Å². The predicted molar refractivity (Wildman–Crippen MR) is 109 cm³/mol. The van der Waals surface area contributed by atoms with Crippen LogP contribution in [0.25, 0.3) is 6.08 Å². The molecule has 0 aliphatic carbocycles. The Bertz CT molecular complexity index is 837. The van der Waals surface area contributed by atoms with E-state index in [2.05, 4.69) is 5.32 Å². The first-order valence-corrected chi connectivity index (χ1v) is 9.35. The van der Waals surface area contributed by atoms with Crippen LogP contribution in [0.5, 0.6) is 5.75 Å². The van der Waals surface area contributed by atoms with Crippen LogP contribution in [0.3, 0.4) is 0 Å².